The van der Waals surface area contributed by atoms with Crippen LogP contribution in [0.15, 0.2) is 0 Å². The molecule has 0 rings (SSSR count). The first-order valence-electron chi connectivity index (χ1n) is 2.01. The minimum absolute atomic E-state index is 0.147. The zero-order chi connectivity index (χ0) is 6.41. The van der Waals surface area contributed by atoms with E-state index in [1.54, 1.807) is 11.8 Å². The van der Waals surface area contributed by atoms with Crippen LogP contribution in [0.5, 0.6) is 0 Å². The third kappa shape index (κ3) is 4.70. The summed E-state index contributed by atoms with van der Waals surface area (Å²) in [5.41, 5.74) is 0. The van der Waals surface area contributed by atoms with E-state index in [1.165, 1.54) is 7.11 Å². The fourth-order valence-electron chi connectivity index (χ4n) is 0.181. The van der Waals surface area contributed by atoms with Crippen molar-refractivity contribution in [1.29, 1.82) is 0 Å². The number of thioether (sulfide) groups is 1. The molecule has 0 aliphatic rings. The van der Waals surface area contributed by atoms with Crippen molar-refractivity contribution < 1.29 is 9.53 Å². The zero-order valence-electron chi connectivity index (χ0n) is 4.52. The van der Waals surface area contributed by atoms with Crippen molar-refractivity contribution in [3.05, 3.63) is 0 Å². The number of carbonyl (C=O) groups is 1. The van der Waals surface area contributed by atoms with Crippen LogP contribution in [0.4, 0.5) is 0 Å². The van der Waals surface area contributed by atoms with Crippen molar-refractivity contribution in [3.8, 4) is 0 Å². The average Bonchev–Trinajstić information content (AvgIpc) is 1.83. The van der Waals surface area contributed by atoms with Crippen LogP contribution in [-0.4, -0.2) is 22.6 Å². The van der Waals surface area contributed by atoms with Crippen LogP contribution < -0.4 is 0 Å². The van der Waals surface area contributed by atoms with E-state index in [9.17, 15) is 4.79 Å². The lowest BCUT2D eigenvalue weighted by Gasteiger charge is -1.93. The summed E-state index contributed by atoms with van der Waals surface area (Å²) >= 11 is 3.75. The Labute approximate surface area is 66.5 Å². The molecule has 0 saturated heterocycles. The summed E-state index contributed by atoms with van der Waals surface area (Å²) in [7, 11) is 1.40. The molecule has 48 valence electrons. The van der Waals surface area contributed by atoms with E-state index in [0.29, 0.717) is 5.75 Å². The Morgan fingerprint density at radius 1 is 1.88 bits per heavy atom. The van der Waals surface area contributed by atoms with Crippen molar-refractivity contribution in [2.45, 2.75) is 0 Å². The topological polar surface area (TPSA) is 26.3 Å². The molecule has 0 fully saturated rings. The molecule has 0 aromatic heterocycles. The maximum atomic E-state index is 10.3. The molecule has 0 amide bonds. The van der Waals surface area contributed by atoms with Gasteiger partial charge in [-0.25, -0.2) is 0 Å². The largest absolute Gasteiger partial charge is 0.468 e. The predicted octanol–water partition coefficient (Wildman–Crippen LogP) is 1.29. The summed E-state index contributed by atoms with van der Waals surface area (Å²) in [6.45, 7) is 0. The molecule has 0 atom stereocenters. The van der Waals surface area contributed by atoms with Gasteiger partial charge in [0.15, 0.2) is 0 Å². The van der Waals surface area contributed by atoms with Gasteiger partial charge >= 0.3 is 5.97 Å². The summed E-state index contributed by atoms with van der Waals surface area (Å²) in [6, 6.07) is 0. The molecule has 8 heavy (non-hydrogen) atoms. The summed E-state index contributed by atoms with van der Waals surface area (Å²) < 4.78 is 5.33. The van der Waals surface area contributed by atoms with Crippen LogP contribution in [-0.2, 0) is 9.53 Å². The van der Waals surface area contributed by atoms with Crippen LogP contribution >= 0.6 is 34.4 Å². The fourth-order valence-corrected chi connectivity index (χ4v) is 1.20. The second kappa shape index (κ2) is 5.68. The van der Waals surface area contributed by atoms with Gasteiger partial charge < -0.3 is 4.74 Å². The van der Waals surface area contributed by atoms with Gasteiger partial charge in [-0.3, -0.25) is 4.79 Å². The zero-order valence-corrected chi connectivity index (χ0v) is 7.49. The van der Waals surface area contributed by atoms with Gasteiger partial charge in [0.2, 0.25) is 0 Å². The van der Waals surface area contributed by atoms with Gasteiger partial charge in [-0.05, 0) is 0 Å². The monoisotopic (exact) mass is 246 g/mol. The second-order valence-corrected chi connectivity index (χ2v) is 3.82. The molecule has 2 nitrogen and oxygen atoms in total. The lowest BCUT2D eigenvalue weighted by atomic mass is 10.8. The Balaban J connectivity index is 2.99. The van der Waals surface area contributed by atoms with Gasteiger partial charge in [-0.2, -0.15) is 0 Å². The Morgan fingerprint density at radius 2 is 2.50 bits per heavy atom. The predicted molar refractivity (Wildman–Crippen MR) is 43.4 cm³/mol. The molecule has 0 unspecified atom stereocenters. The number of alkyl halides is 1. The van der Waals surface area contributed by atoms with E-state index in [4.69, 9.17) is 0 Å². The molecule has 0 aliphatic heterocycles. The van der Waals surface area contributed by atoms with Gasteiger partial charge in [-0.15, -0.1) is 11.8 Å². The van der Waals surface area contributed by atoms with E-state index < -0.39 is 0 Å². The van der Waals surface area contributed by atoms with E-state index in [2.05, 4.69) is 27.3 Å². The van der Waals surface area contributed by atoms with Crippen LogP contribution in [0.3, 0.4) is 0 Å². The van der Waals surface area contributed by atoms with Gasteiger partial charge in [0.25, 0.3) is 0 Å². The number of carbonyl (C=O) groups excluding carboxylic acids is 1. The quantitative estimate of drug-likeness (QED) is 0.426. The highest BCUT2D eigenvalue weighted by Gasteiger charge is 1.96. The van der Waals surface area contributed by atoms with E-state index >= 15 is 0 Å². The van der Waals surface area contributed by atoms with E-state index in [0.717, 1.165) is 3.76 Å². The number of esters is 1. The minimum atomic E-state index is -0.147. The SMILES string of the molecule is COC(=O)CSCI. The molecule has 0 radical (unpaired) electrons. The lowest BCUT2D eigenvalue weighted by Crippen LogP contribution is -2.02. The molecular weight excluding hydrogens is 239 g/mol. The van der Waals surface area contributed by atoms with Gasteiger partial charge in [0, 0.05) is 3.76 Å². The molecule has 0 N–H and O–H groups in total. The summed E-state index contributed by atoms with van der Waals surface area (Å²) in [5.74, 6) is 0.325. The van der Waals surface area contributed by atoms with Crippen molar-refractivity contribution in [1.82, 2.24) is 0 Å². The van der Waals surface area contributed by atoms with Gasteiger partial charge in [0.05, 0.1) is 12.9 Å². The number of hydrogen-bond donors (Lipinski definition) is 0. The normalized spacial score (nSPS) is 8.75. The van der Waals surface area contributed by atoms with Crippen LogP contribution in [0.1, 0.15) is 0 Å². The van der Waals surface area contributed by atoms with Crippen molar-refractivity contribution in [3.63, 3.8) is 0 Å². The maximum Gasteiger partial charge on any atom is 0.315 e. The van der Waals surface area contributed by atoms with Gasteiger partial charge in [-0.1, -0.05) is 22.6 Å². The number of methoxy groups -OCH3 is 1. The highest BCUT2D eigenvalue weighted by molar-refractivity contribution is 14.1. The Hall–Kier alpha value is 0.550. The number of ether oxygens (including phenoxy) is 1. The Bertz CT molecular complexity index is 76.4. The van der Waals surface area contributed by atoms with Crippen molar-refractivity contribution in [2.75, 3.05) is 16.6 Å². The highest BCUT2D eigenvalue weighted by atomic mass is 127. The lowest BCUT2D eigenvalue weighted by molar-refractivity contribution is -0.137. The third-order valence-corrected chi connectivity index (χ3v) is 2.44. The summed E-state index contributed by atoms with van der Waals surface area (Å²) in [5, 5.41) is 0. The molecule has 0 saturated carbocycles. The standard InChI is InChI=1S/C4H7IO2S/c1-7-4(6)2-8-3-5/h2-3H2,1H3. The van der Waals surface area contributed by atoms with E-state index in [-0.39, 0.29) is 5.97 Å². The van der Waals surface area contributed by atoms with Crippen molar-refractivity contribution >= 4 is 40.3 Å². The number of hydrogen-bond acceptors (Lipinski definition) is 3. The molecular formula is C4H7IO2S. The molecule has 0 heterocycles. The fraction of sp³-hybridized carbons (Fsp3) is 0.750. The van der Waals surface area contributed by atoms with Crippen LogP contribution in [0.25, 0.3) is 0 Å². The Kier molecular flexibility index (Phi) is 6.07. The van der Waals surface area contributed by atoms with Crippen molar-refractivity contribution in [2.24, 2.45) is 0 Å². The molecule has 0 aromatic rings. The maximum absolute atomic E-state index is 10.3. The number of halogens is 1. The van der Waals surface area contributed by atoms with Crippen LogP contribution in [0.2, 0.25) is 0 Å². The van der Waals surface area contributed by atoms with E-state index in [1.807, 2.05) is 0 Å². The molecule has 0 aliphatic carbocycles. The Morgan fingerprint density at radius 3 is 2.88 bits per heavy atom. The summed E-state index contributed by atoms with van der Waals surface area (Å²) in [6.07, 6.45) is 0. The first kappa shape index (κ1) is 8.55. The smallest absolute Gasteiger partial charge is 0.315 e. The number of rotatable bonds is 3. The highest BCUT2D eigenvalue weighted by Crippen LogP contribution is 2.03. The second-order valence-electron chi connectivity index (χ2n) is 1.03. The third-order valence-electron chi connectivity index (χ3n) is 0.525. The van der Waals surface area contributed by atoms with Gasteiger partial charge in [0.1, 0.15) is 0 Å². The molecule has 0 spiro atoms. The first-order chi connectivity index (χ1) is 3.81. The first-order valence-corrected chi connectivity index (χ1v) is 4.69. The molecule has 0 aromatic carbocycles. The van der Waals surface area contributed by atoms with Crippen LogP contribution in [0, 0.1) is 0 Å². The molecule has 0 bridgehead atoms. The average molecular weight is 246 g/mol. The minimum Gasteiger partial charge on any atom is -0.468 e. The summed E-state index contributed by atoms with van der Waals surface area (Å²) in [4.78, 5) is 10.3. The molecule has 4 heteroatoms.